The molecule has 1 aromatic carbocycles. The van der Waals surface area contributed by atoms with Gasteiger partial charge < -0.3 is 5.32 Å². The first-order chi connectivity index (χ1) is 10.3. The molecule has 1 N–H and O–H groups in total. The Hall–Kier alpha value is -2.09. The Kier molecular flexibility index (Phi) is 4.05. The van der Waals surface area contributed by atoms with Gasteiger partial charge in [-0.05, 0) is 24.6 Å². The van der Waals surface area contributed by atoms with E-state index in [0.717, 1.165) is 33.9 Å². The normalized spacial score (nSPS) is 10.5. The Labute approximate surface area is 131 Å². The number of aromatic nitrogens is 1. The molecule has 0 atom stereocenters. The summed E-state index contributed by atoms with van der Waals surface area (Å²) < 4.78 is 0.803. The van der Waals surface area contributed by atoms with Crippen molar-refractivity contribution in [1.29, 1.82) is 5.26 Å². The monoisotopic (exact) mass is 313 g/mol. The molecule has 0 spiro atoms. The van der Waals surface area contributed by atoms with E-state index in [1.54, 1.807) is 17.5 Å². The predicted octanol–water partition coefficient (Wildman–Crippen LogP) is 4.48. The summed E-state index contributed by atoms with van der Waals surface area (Å²) in [6, 6.07) is 14.0. The number of nitrogens with one attached hydrogen (secondary N) is 1. The molecule has 3 aromatic rings. The number of hydrogen-bond acceptors (Lipinski definition) is 4. The average molecular weight is 314 g/mol. The van der Waals surface area contributed by atoms with Gasteiger partial charge in [-0.25, -0.2) is 0 Å². The number of nitriles is 1. The molecule has 3 nitrogen and oxygen atoms in total. The van der Waals surface area contributed by atoms with Gasteiger partial charge in [-0.1, -0.05) is 29.8 Å². The maximum Gasteiger partial charge on any atom is 0.103 e. The lowest BCUT2D eigenvalue weighted by molar-refractivity contribution is 1.04. The first-order valence-electron chi connectivity index (χ1n) is 6.54. The Bertz CT molecular complexity index is 820. The average Bonchev–Trinajstić information content (AvgIpc) is 2.93. The van der Waals surface area contributed by atoms with E-state index < -0.39 is 0 Å². The van der Waals surface area contributed by atoms with Gasteiger partial charge in [0.2, 0.25) is 0 Å². The van der Waals surface area contributed by atoms with Crippen molar-refractivity contribution in [2.24, 2.45) is 0 Å². The van der Waals surface area contributed by atoms with E-state index in [0.29, 0.717) is 5.56 Å². The molecule has 0 fully saturated rings. The third-order valence-electron chi connectivity index (χ3n) is 3.20. The molecule has 0 unspecified atom stereocenters. The van der Waals surface area contributed by atoms with Crippen LogP contribution >= 0.6 is 22.9 Å². The molecule has 104 valence electrons. The fourth-order valence-corrected chi connectivity index (χ4v) is 3.30. The summed E-state index contributed by atoms with van der Waals surface area (Å²) in [6.45, 7) is 0.750. The molecule has 2 heterocycles. The van der Waals surface area contributed by atoms with Crippen molar-refractivity contribution in [2.45, 2.75) is 6.42 Å². The van der Waals surface area contributed by atoms with Gasteiger partial charge in [0, 0.05) is 23.0 Å². The lowest BCUT2D eigenvalue weighted by Crippen LogP contribution is -2.06. The Balaban J connectivity index is 1.84. The molecule has 3 rings (SSSR count). The van der Waals surface area contributed by atoms with E-state index >= 15 is 0 Å². The lowest BCUT2D eigenvalue weighted by atomic mass is 10.1. The zero-order chi connectivity index (χ0) is 14.7. The highest BCUT2D eigenvalue weighted by Crippen LogP contribution is 2.26. The van der Waals surface area contributed by atoms with E-state index in [1.807, 2.05) is 36.4 Å². The van der Waals surface area contributed by atoms with Gasteiger partial charge in [-0.15, -0.1) is 11.3 Å². The number of thiophene rings is 1. The second-order valence-corrected chi connectivity index (χ2v) is 6.36. The minimum atomic E-state index is 0.568. The zero-order valence-corrected chi connectivity index (χ0v) is 12.7. The fourth-order valence-electron chi connectivity index (χ4n) is 2.21. The van der Waals surface area contributed by atoms with E-state index in [4.69, 9.17) is 11.6 Å². The summed E-state index contributed by atoms with van der Waals surface area (Å²) in [5, 5.41) is 13.6. The molecule has 0 amide bonds. The molecule has 0 aliphatic rings. The third kappa shape index (κ3) is 2.99. The predicted molar refractivity (Wildman–Crippen MR) is 88.0 cm³/mol. The first kappa shape index (κ1) is 13.9. The summed E-state index contributed by atoms with van der Waals surface area (Å²) in [4.78, 5) is 5.53. The van der Waals surface area contributed by atoms with Crippen LogP contribution in [0.4, 0.5) is 5.69 Å². The van der Waals surface area contributed by atoms with Crippen LogP contribution in [0.3, 0.4) is 0 Å². The summed E-state index contributed by atoms with van der Waals surface area (Å²) in [5.74, 6) is 0. The number of anilines is 1. The SMILES string of the molecule is N#Cc1cnc2ccccc2c1NCCc1ccc(Cl)s1. The van der Waals surface area contributed by atoms with Crippen LogP contribution in [0.5, 0.6) is 0 Å². The number of fused-ring (bicyclic) bond motifs is 1. The van der Waals surface area contributed by atoms with E-state index in [1.165, 1.54) is 4.88 Å². The molecule has 5 heteroatoms. The van der Waals surface area contributed by atoms with Gasteiger partial charge in [-0.2, -0.15) is 5.26 Å². The number of hydrogen-bond donors (Lipinski definition) is 1. The van der Waals surface area contributed by atoms with Crippen LogP contribution in [-0.4, -0.2) is 11.5 Å². The smallest absolute Gasteiger partial charge is 0.103 e. The molecule has 0 radical (unpaired) electrons. The van der Waals surface area contributed by atoms with E-state index in [9.17, 15) is 5.26 Å². The second kappa shape index (κ2) is 6.13. The molecule has 0 aliphatic heterocycles. The first-order valence-corrected chi connectivity index (χ1v) is 7.73. The van der Waals surface area contributed by atoms with Crippen molar-refractivity contribution in [3.8, 4) is 6.07 Å². The van der Waals surface area contributed by atoms with Gasteiger partial charge in [0.25, 0.3) is 0 Å². The van der Waals surface area contributed by atoms with Crippen molar-refractivity contribution < 1.29 is 0 Å². The van der Waals surface area contributed by atoms with Crippen molar-refractivity contribution in [1.82, 2.24) is 4.98 Å². The topological polar surface area (TPSA) is 48.7 Å². The molecular weight excluding hydrogens is 302 g/mol. The third-order valence-corrected chi connectivity index (χ3v) is 4.49. The number of rotatable bonds is 4. The van der Waals surface area contributed by atoms with Crippen LogP contribution in [0.25, 0.3) is 10.9 Å². The van der Waals surface area contributed by atoms with E-state index in [2.05, 4.69) is 16.4 Å². The Morgan fingerprint density at radius 2 is 2.10 bits per heavy atom. The second-order valence-electron chi connectivity index (χ2n) is 4.56. The largest absolute Gasteiger partial charge is 0.383 e. The number of pyridine rings is 1. The van der Waals surface area contributed by atoms with Crippen molar-refractivity contribution in [3.63, 3.8) is 0 Å². The number of halogens is 1. The van der Waals surface area contributed by atoms with Gasteiger partial charge in [0.05, 0.1) is 21.1 Å². The van der Waals surface area contributed by atoms with Crippen LogP contribution < -0.4 is 5.32 Å². The molecule has 2 aromatic heterocycles. The number of benzene rings is 1. The van der Waals surface area contributed by atoms with Gasteiger partial charge in [0.15, 0.2) is 0 Å². The zero-order valence-electron chi connectivity index (χ0n) is 11.1. The van der Waals surface area contributed by atoms with Crippen LogP contribution in [-0.2, 0) is 6.42 Å². The Morgan fingerprint density at radius 3 is 2.86 bits per heavy atom. The highest BCUT2D eigenvalue weighted by atomic mass is 35.5. The molecular formula is C16H12ClN3S. The van der Waals surface area contributed by atoms with Gasteiger partial charge >= 0.3 is 0 Å². The maximum absolute atomic E-state index is 9.25. The number of nitrogens with zero attached hydrogens (tertiary/aromatic N) is 2. The van der Waals surface area contributed by atoms with Crippen LogP contribution in [0.15, 0.2) is 42.6 Å². The van der Waals surface area contributed by atoms with Crippen molar-refractivity contribution in [2.75, 3.05) is 11.9 Å². The quantitative estimate of drug-likeness (QED) is 0.772. The van der Waals surface area contributed by atoms with Gasteiger partial charge in [-0.3, -0.25) is 4.98 Å². The molecule has 21 heavy (non-hydrogen) atoms. The highest BCUT2D eigenvalue weighted by Gasteiger charge is 2.08. The van der Waals surface area contributed by atoms with Crippen LogP contribution in [0.2, 0.25) is 4.34 Å². The van der Waals surface area contributed by atoms with Crippen molar-refractivity contribution in [3.05, 3.63) is 57.4 Å². The van der Waals surface area contributed by atoms with Crippen LogP contribution in [0, 0.1) is 11.3 Å². The maximum atomic E-state index is 9.25. The van der Waals surface area contributed by atoms with Gasteiger partial charge in [0.1, 0.15) is 6.07 Å². The van der Waals surface area contributed by atoms with Crippen LogP contribution in [0.1, 0.15) is 10.4 Å². The minimum absolute atomic E-state index is 0.568. The summed E-state index contributed by atoms with van der Waals surface area (Å²) in [7, 11) is 0. The molecule has 0 bridgehead atoms. The van der Waals surface area contributed by atoms with E-state index in [-0.39, 0.29) is 0 Å². The molecule has 0 saturated carbocycles. The minimum Gasteiger partial charge on any atom is -0.383 e. The van der Waals surface area contributed by atoms with Crippen molar-refractivity contribution >= 4 is 39.5 Å². The molecule has 0 saturated heterocycles. The Morgan fingerprint density at radius 1 is 1.24 bits per heavy atom. The standard InChI is InChI=1S/C16H12ClN3S/c17-15-6-5-12(21-15)7-8-19-16-11(9-18)10-20-14-4-2-1-3-13(14)16/h1-6,10H,7-8H2,(H,19,20). The summed E-state index contributed by atoms with van der Waals surface area (Å²) >= 11 is 7.51. The summed E-state index contributed by atoms with van der Waals surface area (Å²) in [6.07, 6.45) is 2.49. The lowest BCUT2D eigenvalue weighted by Gasteiger charge is -2.10. The molecule has 0 aliphatic carbocycles. The summed E-state index contributed by atoms with van der Waals surface area (Å²) in [5.41, 5.74) is 2.31. The highest BCUT2D eigenvalue weighted by molar-refractivity contribution is 7.16. The fraction of sp³-hybridized carbons (Fsp3) is 0.125. The number of para-hydroxylation sites is 1.